The first-order valence-electron chi connectivity index (χ1n) is 6.23. The second-order valence-corrected chi connectivity index (χ2v) is 6.51. The zero-order chi connectivity index (χ0) is 12.4. The lowest BCUT2D eigenvalue weighted by atomic mass is 10.1. The van der Waals surface area contributed by atoms with E-state index in [1.165, 1.54) is 35.1 Å². The van der Waals surface area contributed by atoms with Crippen LogP contribution in [0.1, 0.15) is 32.3 Å². The molecule has 1 aromatic rings. The predicted molar refractivity (Wildman–Crippen MR) is 82.0 cm³/mol. The molecule has 0 saturated heterocycles. The SMILES string of the molecule is CC(C)N(CC1CC1)c1ccc(CBr)c(Br)c1. The Morgan fingerprint density at radius 1 is 1.35 bits per heavy atom. The highest BCUT2D eigenvalue weighted by Gasteiger charge is 2.25. The van der Waals surface area contributed by atoms with Crippen molar-refractivity contribution in [2.24, 2.45) is 5.92 Å². The molecular weight excluding hydrogens is 342 g/mol. The van der Waals surface area contributed by atoms with Gasteiger partial charge in [0.05, 0.1) is 0 Å². The molecule has 0 radical (unpaired) electrons. The summed E-state index contributed by atoms with van der Waals surface area (Å²) in [6, 6.07) is 7.26. The molecule has 1 aromatic carbocycles. The van der Waals surface area contributed by atoms with Gasteiger partial charge in [-0.25, -0.2) is 0 Å². The summed E-state index contributed by atoms with van der Waals surface area (Å²) in [5.74, 6) is 0.923. The minimum atomic E-state index is 0.567. The number of hydrogen-bond donors (Lipinski definition) is 0. The van der Waals surface area contributed by atoms with E-state index in [2.05, 4.69) is 68.8 Å². The third-order valence-corrected chi connectivity index (χ3v) is 4.63. The Morgan fingerprint density at radius 2 is 2.06 bits per heavy atom. The van der Waals surface area contributed by atoms with Gasteiger partial charge in [-0.3, -0.25) is 0 Å². The number of anilines is 1. The molecule has 1 nitrogen and oxygen atoms in total. The third kappa shape index (κ3) is 3.47. The summed E-state index contributed by atoms with van der Waals surface area (Å²) in [6.07, 6.45) is 2.81. The molecule has 0 atom stereocenters. The topological polar surface area (TPSA) is 3.24 Å². The molecule has 94 valence electrons. The number of rotatable bonds is 5. The Kier molecular flexibility index (Phi) is 4.53. The maximum absolute atomic E-state index is 3.65. The summed E-state index contributed by atoms with van der Waals surface area (Å²) in [4.78, 5) is 2.51. The van der Waals surface area contributed by atoms with Gasteiger partial charge in [0, 0.05) is 28.1 Å². The molecule has 1 fully saturated rings. The average Bonchev–Trinajstić information content (AvgIpc) is 3.09. The first-order valence-corrected chi connectivity index (χ1v) is 8.14. The maximum atomic E-state index is 3.65. The van der Waals surface area contributed by atoms with Gasteiger partial charge in [0.25, 0.3) is 0 Å². The van der Waals surface area contributed by atoms with E-state index in [0.717, 1.165) is 11.2 Å². The Balaban J connectivity index is 2.19. The fourth-order valence-corrected chi connectivity index (χ4v) is 3.39. The normalized spacial score (nSPS) is 15.4. The van der Waals surface area contributed by atoms with E-state index < -0.39 is 0 Å². The van der Waals surface area contributed by atoms with Gasteiger partial charge >= 0.3 is 0 Å². The molecule has 2 rings (SSSR count). The van der Waals surface area contributed by atoms with Gasteiger partial charge in [-0.15, -0.1) is 0 Å². The fourth-order valence-electron chi connectivity index (χ4n) is 2.02. The molecule has 1 aliphatic carbocycles. The van der Waals surface area contributed by atoms with Crippen LogP contribution in [0.3, 0.4) is 0 Å². The highest BCUT2D eigenvalue weighted by Crippen LogP contribution is 2.33. The van der Waals surface area contributed by atoms with Gasteiger partial charge in [-0.2, -0.15) is 0 Å². The van der Waals surface area contributed by atoms with Crippen molar-refractivity contribution in [2.75, 3.05) is 11.4 Å². The van der Waals surface area contributed by atoms with E-state index in [4.69, 9.17) is 0 Å². The predicted octanol–water partition coefficient (Wildman–Crippen LogP) is 4.97. The lowest BCUT2D eigenvalue weighted by Crippen LogP contribution is -2.32. The largest absolute Gasteiger partial charge is 0.369 e. The molecule has 1 aliphatic rings. The van der Waals surface area contributed by atoms with Crippen LogP contribution in [-0.2, 0) is 5.33 Å². The summed E-state index contributed by atoms with van der Waals surface area (Å²) in [5.41, 5.74) is 2.65. The molecule has 0 spiro atoms. The molecule has 1 saturated carbocycles. The molecule has 0 N–H and O–H groups in total. The quantitative estimate of drug-likeness (QED) is 0.670. The molecule has 3 heteroatoms. The van der Waals surface area contributed by atoms with Crippen LogP contribution in [0.5, 0.6) is 0 Å². The number of nitrogens with zero attached hydrogens (tertiary/aromatic N) is 1. The van der Waals surface area contributed by atoms with Crippen LogP contribution in [0.15, 0.2) is 22.7 Å². The highest BCUT2D eigenvalue weighted by atomic mass is 79.9. The maximum Gasteiger partial charge on any atom is 0.0380 e. The average molecular weight is 361 g/mol. The van der Waals surface area contributed by atoms with E-state index in [1.54, 1.807) is 0 Å². The summed E-state index contributed by atoms with van der Waals surface area (Å²) in [6.45, 7) is 5.75. The molecule has 17 heavy (non-hydrogen) atoms. The zero-order valence-electron chi connectivity index (χ0n) is 10.4. The lowest BCUT2D eigenvalue weighted by molar-refractivity contribution is 0.644. The van der Waals surface area contributed by atoms with Crippen LogP contribution in [0, 0.1) is 5.92 Å². The van der Waals surface area contributed by atoms with E-state index in [-0.39, 0.29) is 0 Å². The summed E-state index contributed by atoms with van der Waals surface area (Å²) in [5, 5.41) is 0.901. The highest BCUT2D eigenvalue weighted by molar-refractivity contribution is 9.10. The van der Waals surface area contributed by atoms with Crippen LogP contribution < -0.4 is 4.90 Å². The first-order chi connectivity index (χ1) is 8.11. The van der Waals surface area contributed by atoms with Crippen molar-refractivity contribution in [1.82, 2.24) is 0 Å². The van der Waals surface area contributed by atoms with Crippen LogP contribution in [0.25, 0.3) is 0 Å². The van der Waals surface area contributed by atoms with Crippen LogP contribution in [-0.4, -0.2) is 12.6 Å². The number of hydrogen-bond acceptors (Lipinski definition) is 1. The molecule has 0 aromatic heterocycles. The molecule has 0 heterocycles. The van der Waals surface area contributed by atoms with Crippen molar-refractivity contribution in [3.63, 3.8) is 0 Å². The van der Waals surface area contributed by atoms with Crippen molar-refractivity contribution >= 4 is 37.5 Å². The number of alkyl halides is 1. The molecule has 0 bridgehead atoms. The second-order valence-electron chi connectivity index (χ2n) is 5.10. The van der Waals surface area contributed by atoms with E-state index in [9.17, 15) is 0 Å². The minimum Gasteiger partial charge on any atom is -0.369 e. The van der Waals surface area contributed by atoms with Gasteiger partial charge in [-0.1, -0.05) is 37.9 Å². The second kappa shape index (κ2) is 5.75. The van der Waals surface area contributed by atoms with Gasteiger partial charge < -0.3 is 4.90 Å². The Morgan fingerprint density at radius 3 is 2.53 bits per heavy atom. The van der Waals surface area contributed by atoms with Gasteiger partial charge in [0.2, 0.25) is 0 Å². The van der Waals surface area contributed by atoms with E-state index in [0.29, 0.717) is 6.04 Å². The first kappa shape index (κ1) is 13.4. The molecule has 0 unspecified atom stereocenters. The van der Waals surface area contributed by atoms with Crippen molar-refractivity contribution in [1.29, 1.82) is 0 Å². The van der Waals surface area contributed by atoms with Crippen LogP contribution >= 0.6 is 31.9 Å². The Bertz CT molecular complexity index is 386. The fraction of sp³-hybridized carbons (Fsp3) is 0.571. The molecular formula is C14H19Br2N. The minimum absolute atomic E-state index is 0.567. The van der Waals surface area contributed by atoms with Gasteiger partial charge in [0.1, 0.15) is 0 Å². The van der Waals surface area contributed by atoms with E-state index >= 15 is 0 Å². The zero-order valence-corrected chi connectivity index (χ0v) is 13.6. The van der Waals surface area contributed by atoms with E-state index in [1.807, 2.05) is 0 Å². The van der Waals surface area contributed by atoms with Crippen LogP contribution in [0.2, 0.25) is 0 Å². The Hall–Kier alpha value is -0.0200. The van der Waals surface area contributed by atoms with Crippen molar-refractivity contribution < 1.29 is 0 Å². The third-order valence-electron chi connectivity index (χ3n) is 3.29. The van der Waals surface area contributed by atoms with Crippen molar-refractivity contribution in [3.05, 3.63) is 28.2 Å². The van der Waals surface area contributed by atoms with Gasteiger partial charge in [0.15, 0.2) is 0 Å². The van der Waals surface area contributed by atoms with Gasteiger partial charge in [-0.05, 0) is 50.3 Å². The summed E-state index contributed by atoms with van der Waals surface area (Å²) >= 11 is 7.16. The van der Waals surface area contributed by atoms with Crippen molar-refractivity contribution in [3.8, 4) is 0 Å². The smallest absolute Gasteiger partial charge is 0.0380 e. The lowest BCUT2D eigenvalue weighted by Gasteiger charge is -2.29. The number of halogens is 2. The molecule has 0 amide bonds. The standard InChI is InChI=1S/C14H19Br2N/c1-10(2)17(9-11-3-4-11)13-6-5-12(8-15)14(16)7-13/h5-7,10-11H,3-4,8-9H2,1-2H3. The van der Waals surface area contributed by atoms with Crippen molar-refractivity contribution in [2.45, 2.75) is 38.1 Å². The summed E-state index contributed by atoms with van der Waals surface area (Å²) in [7, 11) is 0. The molecule has 0 aliphatic heterocycles. The Labute approximate surface area is 121 Å². The van der Waals surface area contributed by atoms with Crippen LogP contribution in [0.4, 0.5) is 5.69 Å². The monoisotopic (exact) mass is 359 g/mol. The summed E-state index contributed by atoms with van der Waals surface area (Å²) < 4.78 is 1.20. The number of benzene rings is 1.